The minimum absolute atomic E-state index is 0.362. The molecule has 0 spiro atoms. The molecule has 0 aromatic heterocycles. The highest BCUT2D eigenvalue weighted by Crippen LogP contribution is 2.10. The molecule has 11 heavy (non-hydrogen) atoms. The molecule has 0 saturated heterocycles. The quantitative estimate of drug-likeness (QED) is 0.672. The number of thioether (sulfide) groups is 1. The molecule has 0 saturated carbocycles. The minimum atomic E-state index is -0.362. The highest BCUT2D eigenvalue weighted by atomic mass is 32.2. The Balaban J connectivity index is 2.66. The summed E-state index contributed by atoms with van der Waals surface area (Å²) in [5.74, 6) is 1.01. The standard InChI is InChI=1S/C9H11FS/c1-11-7-9-4-2-8(6-10)3-5-9/h2-5H,6-7H2,1H3. The van der Waals surface area contributed by atoms with Crippen LogP contribution < -0.4 is 0 Å². The van der Waals surface area contributed by atoms with Gasteiger partial charge in [-0.15, -0.1) is 0 Å². The zero-order valence-electron chi connectivity index (χ0n) is 6.51. The van der Waals surface area contributed by atoms with Crippen LogP contribution in [0.25, 0.3) is 0 Å². The second-order valence-corrected chi connectivity index (χ2v) is 3.25. The summed E-state index contributed by atoms with van der Waals surface area (Å²) in [6.45, 7) is -0.362. The fraction of sp³-hybridized carbons (Fsp3) is 0.333. The number of rotatable bonds is 3. The van der Waals surface area contributed by atoms with Crippen molar-refractivity contribution in [2.24, 2.45) is 0 Å². The van der Waals surface area contributed by atoms with Crippen molar-refractivity contribution in [2.45, 2.75) is 12.4 Å². The monoisotopic (exact) mass is 170 g/mol. The van der Waals surface area contributed by atoms with Gasteiger partial charge in [0.15, 0.2) is 0 Å². The lowest BCUT2D eigenvalue weighted by Crippen LogP contribution is -1.81. The van der Waals surface area contributed by atoms with Gasteiger partial charge in [-0.2, -0.15) is 11.8 Å². The van der Waals surface area contributed by atoms with Gasteiger partial charge in [-0.05, 0) is 17.4 Å². The Bertz CT molecular complexity index is 205. The lowest BCUT2D eigenvalue weighted by molar-refractivity contribution is 0.485. The SMILES string of the molecule is CSCc1ccc(CF)cc1. The molecule has 0 aliphatic carbocycles. The van der Waals surface area contributed by atoms with Gasteiger partial charge in [-0.3, -0.25) is 0 Å². The van der Waals surface area contributed by atoms with E-state index in [1.807, 2.05) is 24.3 Å². The Kier molecular flexibility index (Phi) is 3.43. The van der Waals surface area contributed by atoms with Crippen molar-refractivity contribution in [1.29, 1.82) is 0 Å². The molecule has 0 heterocycles. The predicted octanol–water partition coefficient (Wildman–Crippen LogP) is 3.02. The zero-order valence-corrected chi connectivity index (χ0v) is 7.33. The van der Waals surface area contributed by atoms with E-state index < -0.39 is 0 Å². The smallest absolute Gasteiger partial charge is 0.115 e. The molecule has 0 aliphatic heterocycles. The topological polar surface area (TPSA) is 0 Å². The van der Waals surface area contributed by atoms with Crippen LogP contribution in [0.5, 0.6) is 0 Å². The summed E-state index contributed by atoms with van der Waals surface area (Å²) in [6.07, 6.45) is 2.06. The molecule has 0 aliphatic rings. The Morgan fingerprint density at radius 3 is 2.18 bits per heavy atom. The van der Waals surface area contributed by atoms with Crippen molar-refractivity contribution in [1.82, 2.24) is 0 Å². The fourth-order valence-electron chi connectivity index (χ4n) is 0.891. The van der Waals surface area contributed by atoms with Gasteiger partial charge in [0.25, 0.3) is 0 Å². The first-order valence-electron chi connectivity index (χ1n) is 3.49. The lowest BCUT2D eigenvalue weighted by atomic mass is 10.2. The molecule has 0 fully saturated rings. The zero-order chi connectivity index (χ0) is 8.10. The molecule has 60 valence electrons. The molecule has 1 aromatic rings. The van der Waals surface area contributed by atoms with Crippen molar-refractivity contribution in [3.8, 4) is 0 Å². The number of benzene rings is 1. The fourth-order valence-corrected chi connectivity index (χ4v) is 1.42. The van der Waals surface area contributed by atoms with Crippen LogP contribution in [0, 0.1) is 0 Å². The third-order valence-electron chi connectivity index (χ3n) is 1.49. The van der Waals surface area contributed by atoms with Crippen LogP contribution in [0.1, 0.15) is 11.1 Å². The maximum absolute atomic E-state index is 12.0. The van der Waals surface area contributed by atoms with Crippen molar-refractivity contribution < 1.29 is 4.39 Å². The first kappa shape index (κ1) is 8.60. The Hall–Kier alpha value is -0.500. The predicted molar refractivity (Wildman–Crippen MR) is 48.5 cm³/mol. The van der Waals surface area contributed by atoms with E-state index in [0.29, 0.717) is 0 Å². The summed E-state index contributed by atoms with van der Waals surface area (Å²) in [7, 11) is 0. The molecule has 1 rings (SSSR count). The summed E-state index contributed by atoms with van der Waals surface area (Å²) >= 11 is 1.77. The van der Waals surface area contributed by atoms with E-state index >= 15 is 0 Å². The summed E-state index contributed by atoms with van der Waals surface area (Å²) in [5.41, 5.74) is 2.02. The molecule has 0 atom stereocenters. The van der Waals surface area contributed by atoms with Crippen LogP contribution in [0.3, 0.4) is 0 Å². The van der Waals surface area contributed by atoms with Crippen LogP contribution in [-0.2, 0) is 12.4 Å². The van der Waals surface area contributed by atoms with Crippen molar-refractivity contribution >= 4 is 11.8 Å². The maximum atomic E-state index is 12.0. The second kappa shape index (κ2) is 4.39. The summed E-state index contributed by atoms with van der Waals surface area (Å²) in [6, 6.07) is 7.63. The van der Waals surface area contributed by atoms with E-state index in [0.717, 1.165) is 11.3 Å². The number of hydrogen-bond acceptors (Lipinski definition) is 1. The van der Waals surface area contributed by atoms with Gasteiger partial charge in [-0.1, -0.05) is 24.3 Å². The third kappa shape index (κ3) is 2.54. The summed E-state index contributed by atoms with van der Waals surface area (Å²) in [5, 5.41) is 0. The summed E-state index contributed by atoms with van der Waals surface area (Å²) < 4.78 is 12.0. The molecule has 0 N–H and O–H groups in total. The van der Waals surface area contributed by atoms with Gasteiger partial charge >= 0.3 is 0 Å². The van der Waals surface area contributed by atoms with Crippen LogP contribution in [0.2, 0.25) is 0 Å². The highest BCUT2D eigenvalue weighted by Gasteiger charge is 1.92. The van der Waals surface area contributed by atoms with Gasteiger partial charge in [0, 0.05) is 5.75 Å². The average molecular weight is 170 g/mol. The Morgan fingerprint density at radius 1 is 1.18 bits per heavy atom. The molecule has 0 radical (unpaired) electrons. The Labute approximate surface area is 70.8 Å². The normalized spacial score (nSPS) is 10.0. The number of alkyl halides is 1. The minimum Gasteiger partial charge on any atom is -0.246 e. The van der Waals surface area contributed by atoms with Gasteiger partial charge in [0.2, 0.25) is 0 Å². The van der Waals surface area contributed by atoms with Crippen molar-refractivity contribution in [2.75, 3.05) is 6.26 Å². The first-order valence-corrected chi connectivity index (χ1v) is 4.89. The van der Waals surface area contributed by atoms with Gasteiger partial charge < -0.3 is 0 Å². The molecule has 0 amide bonds. The Morgan fingerprint density at radius 2 is 1.73 bits per heavy atom. The molecule has 0 unspecified atom stereocenters. The van der Waals surface area contributed by atoms with E-state index in [1.165, 1.54) is 5.56 Å². The average Bonchev–Trinajstić information content (AvgIpc) is 2.07. The molecule has 1 aromatic carbocycles. The van der Waals surface area contributed by atoms with Gasteiger partial charge in [-0.25, -0.2) is 4.39 Å². The second-order valence-electron chi connectivity index (χ2n) is 2.38. The van der Waals surface area contributed by atoms with E-state index in [2.05, 4.69) is 6.26 Å². The molecular weight excluding hydrogens is 159 g/mol. The molecule has 0 bridgehead atoms. The van der Waals surface area contributed by atoms with Gasteiger partial charge in [0.1, 0.15) is 6.67 Å². The molecule has 2 heteroatoms. The van der Waals surface area contributed by atoms with Gasteiger partial charge in [0.05, 0.1) is 0 Å². The van der Waals surface area contributed by atoms with E-state index in [9.17, 15) is 4.39 Å². The summed E-state index contributed by atoms with van der Waals surface area (Å²) in [4.78, 5) is 0. The first-order chi connectivity index (χ1) is 5.36. The van der Waals surface area contributed by atoms with Crippen LogP contribution in [0.4, 0.5) is 4.39 Å². The van der Waals surface area contributed by atoms with Crippen molar-refractivity contribution in [3.05, 3.63) is 35.4 Å². The van der Waals surface area contributed by atoms with E-state index in [4.69, 9.17) is 0 Å². The van der Waals surface area contributed by atoms with Crippen molar-refractivity contribution in [3.63, 3.8) is 0 Å². The van der Waals surface area contributed by atoms with Crippen LogP contribution in [-0.4, -0.2) is 6.26 Å². The van der Waals surface area contributed by atoms with E-state index in [1.54, 1.807) is 11.8 Å². The number of hydrogen-bond donors (Lipinski definition) is 0. The lowest BCUT2D eigenvalue weighted by Gasteiger charge is -1.98. The number of halogens is 1. The third-order valence-corrected chi connectivity index (χ3v) is 2.11. The van der Waals surface area contributed by atoms with Crippen LogP contribution >= 0.6 is 11.8 Å². The largest absolute Gasteiger partial charge is 0.246 e. The molecule has 0 nitrogen and oxygen atoms in total. The molecular formula is C9H11FS. The van der Waals surface area contributed by atoms with Crippen LogP contribution in [0.15, 0.2) is 24.3 Å². The highest BCUT2D eigenvalue weighted by molar-refractivity contribution is 7.97. The van der Waals surface area contributed by atoms with E-state index in [-0.39, 0.29) is 6.67 Å². The maximum Gasteiger partial charge on any atom is 0.115 e.